The second-order valence-electron chi connectivity index (χ2n) is 4.72. The molecule has 0 aliphatic heterocycles. The number of rotatable bonds is 6. The molecule has 0 saturated heterocycles. The fourth-order valence-electron chi connectivity index (χ4n) is 2.04. The Morgan fingerprint density at radius 2 is 1.77 bits per heavy atom. The molecule has 0 aliphatic rings. The van der Waals surface area contributed by atoms with E-state index in [1.165, 1.54) is 0 Å². The van der Waals surface area contributed by atoms with Crippen LogP contribution >= 0.6 is 11.8 Å². The summed E-state index contributed by atoms with van der Waals surface area (Å²) in [6.45, 7) is 2.05. The van der Waals surface area contributed by atoms with E-state index in [9.17, 15) is 9.59 Å². The molecule has 3 N–H and O–H groups in total. The highest BCUT2D eigenvalue weighted by Gasteiger charge is 2.11. The van der Waals surface area contributed by atoms with Gasteiger partial charge in [-0.3, -0.25) is 9.59 Å². The number of amides is 2. The van der Waals surface area contributed by atoms with Crippen molar-refractivity contribution in [3.8, 4) is 0 Å². The Kier molecular flexibility index (Phi) is 5.61. The molecule has 0 saturated carbocycles. The van der Waals surface area contributed by atoms with Crippen molar-refractivity contribution in [3.05, 3.63) is 59.7 Å². The zero-order chi connectivity index (χ0) is 15.9. The Hall–Kier alpha value is -2.27. The average molecular weight is 314 g/mol. The van der Waals surface area contributed by atoms with Crippen LogP contribution in [0, 0.1) is 0 Å². The van der Waals surface area contributed by atoms with Crippen LogP contribution in [-0.2, 0) is 11.2 Å². The van der Waals surface area contributed by atoms with Crippen LogP contribution < -0.4 is 11.1 Å². The maximum Gasteiger partial charge on any atom is 0.256 e. The number of hydrogen-bond acceptors (Lipinski definition) is 3. The first-order valence-corrected chi connectivity index (χ1v) is 7.99. The summed E-state index contributed by atoms with van der Waals surface area (Å²) in [6, 6.07) is 14.6. The molecule has 0 fully saturated rings. The van der Waals surface area contributed by atoms with Crippen LogP contribution in [0.2, 0.25) is 0 Å². The second kappa shape index (κ2) is 7.66. The Morgan fingerprint density at radius 3 is 2.41 bits per heavy atom. The van der Waals surface area contributed by atoms with Gasteiger partial charge >= 0.3 is 0 Å². The van der Waals surface area contributed by atoms with Gasteiger partial charge in [-0.2, -0.15) is 0 Å². The number of nitrogens with two attached hydrogens (primary N) is 1. The molecule has 0 atom stereocenters. The zero-order valence-electron chi connectivity index (χ0n) is 12.3. The summed E-state index contributed by atoms with van der Waals surface area (Å²) in [5.41, 5.74) is 7.33. The quantitative estimate of drug-likeness (QED) is 0.805. The van der Waals surface area contributed by atoms with Crippen LogP contribution in [0.15, 0.2) is 53.4 Å². The molecule has 0 aliphatic carbocycles. The summed E-state index contributed by atoms with van der Waals surface area (Å²) in [4.78, 5) is 24.2. The van der Waals surface area contributed by atoms with E-state index in [4.69, 9.17) is 5.73 Å². The lowest BCUT2D eigenvalue weighted by Crippen LogP contribution is -2.14. The topological polar surface area (TPSA) is 72.2 Å². The number of carbonyl (C=O) groups is 2. The first-order chi connectivity index (χ1) is 10.6. The van der Waals surface area contributed by atoms with Crippen molar-refractivity contribution < 1.29 is 9.59 Å². The minimum absolute atomic E-state index is 0.140. The highest BCUT2D eigenvalue weighted by atomic mass is 32.2. The van der Waals surface area contributed by atoms with Crippen molar-refractivity contribution in [3.63, 3.8) is 0 Å². The predicted molar refractivity (Wildman–Crippen MR) is 90.1 cm³/mol. The molecule has 114 valence electrons. The van der Waals surface area contributed by atoms with E-state index in [0.717, 1.165) is 16.2 Å². The number of primary amides is 1. The molecule has 0 radical (unpaired) electrons. The summed E-state index contributed by atoms with van der Waals surface area (Å²) >= 11 is 1.64. The molecule has 2 rings (SSSR count). The van der Waals surface area contributed by atoms with Crippen molar-refractivity contribution >= 4 is 29.3 Å². The number of anilines is 1. The van der Waals surface area contributed by atoms with Crippen molar-refractivity contribution in [1.82, 2.24) is 0 Å². The standard InChI is InChI=1S/C17H18N2O2S/c1-2-22-15-6-4-3-5-14(15)17(21)19-13-9-7-12(8-10-13)11-16(18)20/h3-10H,2,11H2,1H3,(H2,18,20)(H,19,21). The molecule has 0 unspecified atom stereocenters. The van der Waals surface area contributed by atoms with E-state index in [2.05, 4.69) is 12.2 Å². The van der Waals surface area contributed by atoms with Gasteiger partial charge in [-0.1, -0.05) is 31.2 Å². The maximum atomic E-state index is 12.4. The number of hydrogen-bond donors (Lipinski definition) is 2. The van der Waals surface area contributed by atoms with Crippen molar-refractivity contribution in [2.24, 2.45) is 5.73 Å². The molecule has 0 aromatic heterocycles. The Morgan fingerprint density at radius 1 is 1.09 bits per heavy atom. The predicted octanol–water partition coefficient (Wildman–Crippen LogP) is 3.08. The van der Waals surface area contributed by atoms with E-state index in [1.807, 2.05) is 24.3 Å². The third-order valence-electron chi connectivity index (χ3n) is 3.02. The highest BCUT2D eigenvalue weighted by Crippen LogP contribution is 2.23. The molecule has 0 bridgehead atoms. The molecular weight excluding hydrogens is 296 g/mol. The summed E-state index contributed by atoms with van der Waals surface area (Å²) < 4.78 is 0. The first-order valence-electron chi connectivity index (χ1n) is 7.00. The van der Waals surface area contributed by atoms with Crippen LogP contribution in [0.4, 0.5) is 5.69 Å². The fraction of sp³-hybridized carbons (Fsp3) is 0.176. The van der Waals surface area contributed by atoms with E-state index < -0.39 is 0 Å². The van der Waals surface area contributed by atoms with Gasteiger partial charge in [-0.15, -0.1) is 11.8 Å². The van der Waals surface area contributed by atoms with Gasteiger partial charge in [-0.05, 0) is 35.6 Å². The second-order valence-corrected chi connectivity index (χ2v) is 6.03. The lowest BCUT2D eigenvalue weighted by atomic mass is 10.1. The van der Waals surface area contributed by atoms with Crippen molar-refractivity contribution in [1.29, 1.82) is 0 Å². The Balaban J connectivity index is 2.10. The normalized spacial score (nSPS) is 10.2. The van der Waals surface area contributed by atoms with E-state index in [-0.39, 0.29) is 18.2 Å². The molecule has 0 heterocycles. The van der Waals surface area contributed by atoms with Gasteiger partial charge in [0.05, 0.1) is 12.0 Å². The number of nitrogens with one attached hydrogen (secondary N) is 1. The Labute approximate surface area is 134 Å². The molecule has 2 aromatic rings. The SMILES string of the molecule is CCSc1ccccc1C(=O)Nc1ccc(CC(N)=O)cc1. The number of carbonyl (C=O) groups excluding carboxylic acids is 2. The largest absolute Gasteiger partial charge is 0.369 e. The van der Waals surface area contributed by atoms with E-state index >= 15 is 0 Å². The lowest BCUT2D eigenvalue weighted by molar-refractivity contribution is -0.117. The van der Waals surface area contributed by atoms with Gasteiger partial charge in [0.2, 0.25) is 5.91 Å². The van der Waals surface area contributed by atoms with Crippen LogP contribution in [0.25, 0.3) is 0 Å². The van der Waals surface area contributed by atoms with Crippen LogP contribution in [0.1, 0.15) is 22.8 Å². The molecule has 2 amide bonds. The third-order valence-corrected chi connectivity index (χ3v) is 3.98. The van der Waals surface area contributed by atoms with Crippen LogP contribution in [0.5, 0.6) is 0 Å². The molecular formula is C17H18N2O2S. The molecule has 5 heteroatoms. The van der Waals surface area contributed by atoms with Crippen molar-refractivity contribution in [2.45, 2.75) is 18.2 Å². The first kappa shape index (κ1) is 16.1. The van der Waals surface area contributed by atoms with Crippen molar-refractivity contribution in [2.75, 3.05) is 11.1 Å². The third kappa shape index (κ3) is 4.36. The molecule has 22 heavy (non-hydrogen) atoms. The maximum absolute atomic E-state index is 12.4. The summed E-state index contributed by atoms with van der Waals surface area (Å²) in [7, 11) is 0. The minimum Gasteiger partial charge on any atom is -0.369 e. The average Bonchev–Trinajstić information content (AvgIpc) is 2.49. The van der Waals surface area contributed by atoms with Gasteiger partial charge in [0.1, 0.15) is 0 Å². The van der Waals surface area contributed by atoms with Gasteiger partial charge in [-0.25, -0.2) is 0 Å². The van der Waals surface area contributed by atoms with Crippen LogP contribution in [0.3, 0.4) is 0 Å². The van der Waals surface area contributed by atoms with Gasteiger partial charge < -0.3 is 11.1 Å². The highest BCUT2D eigenvalue weighted by molar-refractivity contribution is 7.99. The number of benzene rings is 2. The van der Waals surface area contributed by atoms with E-state index in [0.29, 0.717) is 11.3 Å². The molecule has 2 aromatic carbocycles. The van der Waals surface area contributed by atoms with E-state index in [1.54, 1.807) is 36.0 Å². The number of thioether (sulfide) groups is 1. The van der Waals surface area contributed by atoms with Crippen LogP contribution in [-0.4, -0.2) is 17.6 Å². The summed E-state index contributed by atoms with van der Waals surface area (Å²) in [6.07, 6.45) is 0.199. The Bertz CT molecular complexity index is 669. The minimum atomic E-state index is -0.373. The monoisotopic (exact) mass is 314 g/mol. The summed E-state index contributed by atoms with van der Waals surface area (Å²) in [5.74, 6) is 0.396. The fourth-order valence-corrected chi connectivity index (χ4v) is 2.84. The smallest absolute Gasteiger partial charge is 0.256 e. The van der Waals surface area contributed by atoms with Gasteiger partial charge in [0.15, 0.2) is 0 Å². The molecule has 4 nitrogen and oxygen atoms in total. The lowest BCUT2D eigenvalue weighted by Gasteiger charge is -2.09. The van der Waals surface area contributed by atoms with Gasteiger partial charge in [0.25, 0.3) is 5.91 Å². The van der Waals surface area contributed by atoms with Gasteiger partial charge in [0, 0.05) is 10.6 Å². The summed E-state index contributed by atoms with van der Waals surface area (Å²) in [5, 5.41) is 2.87. The zero-order valence-corrected chi connectivity index (χ0v) is 13.2. The molecule has 0 spiro atoms.